The third kappa shape index (κ3) is 2.34. The number of piperidine rings is 1. The molecule has 5 atom stereocenters. The normalized spacial score (nSPS) is 37.8. The van der Waals surface area contributed by atoms with E-state index in [4.69, 9.17) is 4.74 Å². The van der Waals surface area contributed by atoms with Gasteiger partial charge in [0.1, 0.15) is 6.10 Å². The molecule has 3 fully saturated rings. The average molecular weight is 419 g/mol. The SMILES string of the molecule is Oc1ccc2c3c1O[C@H]1[C@@H](Nc4ccccc4)CC[C@@]4(O)C(C2)N(CC2CC2)CC[C@]314. The van der Waals surface area contributed by atoms with E-state index in [0.717, 1.165) is 55.9 Å². The maximum absolute atomic E-state index is 12.5. The van der Waals surface area contributed by atoms with E-state index in [1.165, 1.54) is 18.4 Å². The quantitative estimate of drug-likeness (QED) is 0.710. The van der Waals surface area contributed by atoms with Crippen molar-refractivity contribution in [2.75, 3.05) is 18.4 Å². The van der Waals surface area contributed by atoms with Crippen LogP contribution >= 0.6 is 0 Å². The predicted octanol–water partition coefficient (Wildman–Crippen LogP) is 3.44. The molecule has 2 saturated carbocycles. The number of hydrogen-bond acceptors (Lipinski definition) is 5. The van der Waals surface area contributed by atoms with E-state index in [2.05, 4.69) is 28.4 Å². The minimum Gasteiger partial charge on any atom is -0.504 e. The molecule has 2 aliphatic heterocycles. The molecule has 3 aliphatic carbocycles. The van der Waals surface area contributed by atoms with Crippen LogP contribution in [0.4, 0.5) is 5.69 Å². The highest BCUT2D eigenvalue weighted by Gasteiger charge is 2.73. The van der Waals surface area contributed by atoms with Crippen molar-refractivity contribution in [3.05, 3.63) is 53.6 Å². The number of nitrogens with zero attached hydrogens (tertiary/aromatic N) is 1. The topological polar surface area (TPSA) is 65.0 Å². The molecule has 3 N–H and O–H groups in total. The van der Waals surface area contributed by atoms with Gasteiger partial charge in [0.2, 0.25) is 0 Å². The van der Waals surface area contributed by atoms with E-state index >= 15 is 0 Å². The van der Waals surface area contributed by atoms with Crippen LogP contribution in [0.3, 0.4) is 0 Å². The van der Waals surface area contributed by atoms with Gasteiger partial charge in [-0.25, -0.2) is 0 Å². The Morgan fingerprint density at radius 3 is 2.71 bits per heavy atom. The van der Waals surface area contributed by atoms with E-state index in [0.29, 0.717) is 5.75 Å². The molecule has 31 heavy (non-hydrogen) atoms. The van der Waals surface area contributed by atoms with E-state index < -0.39 is 11.0 Å². The number of aromatic hydroxyl groups is 1. The summed E-state index contributed by atoms with van der Waals surface area (Å²) >= 11 is 0. The van der Waals surface area contributed by atoms with Crippen LogP contribution in [0.1, 0.15) is 43.2 Å². The molecule has 2 heterocycles. The van der Waals surface area contributed by atoms with Crippen molar-refractivity contribution in [2.45, 2.75) is 67.7 Å². The van der Waals surface area contributed by atoms with E-state index in [-0.39, 0.29) is 23.9 Å². The summed E-state index contributed by atoms with van der Waals surface area (Å²) < 4.78 is 6.60. The van der Waals surface area contributed by atoms with Crippen LogP contribution in [0, 0.1) is 5.92 Å². The summed E-state index contributed by atoms with van der Waals surface area (Å²) in [5.41, 5.74) is 2.17. The van der Waals surface area contributed by atoms with Gasteiger partial charge in [-0.3, -0.25) is 4.90 Å². The summed E-state index contributed by atoms with van der Waals surface area (Å²) in [5, 5.41) is 26.9. The standard InChI is InChI=1S/C26H30N2O3/c29-20-9-8-17-14-21-26(30)11-10-19(27-18-4-2-1-3-5-18)24-25(26,22(17)23(20)31-24)12-13-28(21)15-16-6-7-16/h1-5,8-9,16,19,21,24,27,29-30H,6-7,10-15H2/t19-,21?,24-,25-,26+/m0/s1. The van der Waals surface area contributed by atoms with Crippen molar-refractivity contribution in [3.63, 3.8) is 0 Å². The Kier molecular flexibility index (Phi) is 3.65. The summed E-state index contributed by atoms with van der Waals surface area (Å²) in [5.74, 6) is 1.64. The second kappa shape index (κ2) is 6.17. The van der Waals surface area contributed by atoms with Crippen LogP contribution < -0.4 is 10.1 Å². The zero-order chi connectivity index (χ0) is 20.8. The van der Waals surface area contributed by atoms with Crippen LogP contribution in [0.5, 0.6) is 11.5 Å². The zero-order valence-electron chi connectivity index (χ0n) is 17.8. The lowest BCUT2D eigenvalue weighted by molar-refractivity contribution is -0.187. The fraction of sp³-hybridized carbons (Fsp3) is 0.538. The Hall–Kier alpha value is -2.24. The van der Waals surface area contributed by atoms with Crippen LogP contribution in [-0.4, -0.2) is 52.0 Å². The maximum atomic E-state index is 12.5. The van der Waals surface area contributed by atoms with Gasteiger partial charge >= 0.3 is 0 Å². The summed E-state index contributed by atoms with van der Waals surface area (Å²) in [4.78, 5) is 2.58. The number of anilines is 1. The van der Waals surface area contributed by atoms with Crippen molar-refractivity contribution in [1.82, 2.24) is 4.90 Å². The lowest BCUT2D eigenvalue weighted by Gasteiger charge is -2.64. The largest absolute Gasteiger partial charge is 0.504 e. The van der Waals surface area contributed by atoms with E-state index in [1.807, 2.05) is 18.2 Å². The average Bonchev–Trinajstić information content (AvgIpc) is 3.51. The molecule has 5 heteroatoms. The second-order valence-corrected chi connectivity index (χ2v) is 10.4. The predicted molar refractivity (Wildman–Crippen MR) is 119 cm³/mol. The van der Waals surface area contributed by atoms with Gasteiger partial charge < -0.3 is 20.3 Å². The van der Waals surface area contributed by atoms with Crippen molar-refractivity contribution in [3.8, 4) is 11.5 Å². The molecule has 2 aromatic rings. The number of hydrogen-bond donors (Lipinski definition) is 3. The number of nitrogens with one attached hydrogen (secondary N) is 1. The van der Waals surface area contributed by atoms with Crippen molar-refractivity contribution in [2.24, 2.45) is 5.92 Å². The third-order valence-electron chi connectivity index (χ3n) is 8.89. The molecule has 0 radical (unpaired) electrons. The molecule has 7 rings (SSSR count). The fourth-order valence-corrected chi connectivity index (χ4v) is 7.38. The van der Waals surface area contributed by atoms with Crippen molar-refractivity contribution in [1.29, 1.82) is 0 Å². The van der Waals surface area contributed by atoms with Gasteiger partial charge in [-0.15, -0.1) is 0 Å². The lowest BCUT2D eigenvalue weighted by atomic mass is 9.48. The van der Waals surface area contributed by atoms with Crippen LogP contribution in [-0.2, 0) is 11.8 Å². The number of para-hydroxylation sites is 1. The highest BCUT2D eigenvalue weighted by atomic mass is 16.5. The van der Waals surface area contributed by atoms with Crippen LogP contribution in [0.25, 0.3) is 0 Å². The third-order valence-corrected chi connectivity index (χ3v) is 8.89. The molecular weight excluding hydrogens is 388 g/mol. The Morgan fingerprint density at radius 2 is 1.90 bits per heavy atom. The summed E-state index contributed by atoms with van der Waals surface area (Å²) in [7, 11) is 0. The van der Waals surface area contributed by atoms with Gasteiger partial charge in [0.25, 0.3) is 0 Å². The van der Waals surface area contributed by atoms with Crippen molar-refractivity contribution < 1.29 is 14.9 Å². The lowest BCUT2D eigenvalue weighted by Crippen LogP contribution is -2.77. The second-order valence-electron chi connectivity index (χ2n) is 10.4. The minimum absolute atomic E-state index is 0.0936. The molecule has 1 unspecified atom stereocenters. The Bertz CT molecular complexity index is 1040. The fourth-order valence-electron chi connectivity index (χ4n) is 7.38. The first-order valence-corrected chi connectivity index (χ1v) is 11.9. The molecular formula is C26H30N2O3. The van der Waals surface area contributed by atoms with Gasteiger partial charge in [0.05, 0.1) is 17.1 Å². The number of phenolic OH excluding ortho intramolecular Hbond substituents is 1. The van der Waals surface area contributed by atoms with Crippen molar-refractivity contribution >= 4 is 5.69 Å². The Labute approximate surface area is 183 Å². The number of rotatable bonds is 4. The van der Waals surface area contributed by atoms with Crippen LogP contribution in [0.2, 0.25) is 0 Å². The molecule has 1 saturated heterocycles. The molecule has 2 bridgehead atoms. The molecule has 0 amide bonds. The number of benzene rings is 2. The number of aliphatic hydroxyl groups is 1. The Balaban J connectivity index is 1.35. The monoisotopic (exact) mass is 418 g/mol. The summed E-state index contributed by atoms with van der Waals surface area (Å²) in [6.07, 6.45) is 5.83. The van der Waals surface area contributed by atoms with Gasteiger partial charge in [0.15, 0.2) is 11.5 Å². The first kappa shape index (κ1) is 18.3. The number of likely N-dealkylation sites (tertiary alicyclic amines) is 1. The molecule has 162 valence electrons. The van der Waals surface area contributed by atoms with Crippen LogP contribution in [0.15, 0.2) is 42.5 Å². The molecule has 1 spiro atoms. The van der Waals surface area contributed by atoms with Gasteiger partial charge in [-0.1, -0.05) is 24.3 Å². The molecule has 5 nitrogen and oxygen atoms in total. The molecule has 2 aromatic carbocycles. The maximum Gasteiger partial charge on any atom is 0.165 e. The first-order valence-electron chi connectivity index (χ1n) is 11.9. The zero-order valence-corrected chi connectivity index (χ0v) is 17.8. The molecule has 5 aliphatic rings. The summed E-state index contributed by atoms with van der Waals surface area (Å²) in [6, 6.07) is 14.4. The Morgan fingerprint density at radius 1 is 1.06 bits per heavy atom. The number of phenols is 1. The van der Waals surface area contributed by atoms with Gasteiger partial charge in [-0.05, 0) is 74.8 Å². The smallest absolute Gasteiger partial charge is 0.165 e. The minimum atomic E-state index is -0.814. The van der Waals surface area contributed by atoms with Gasteiger partial charge in [0, 0.05) is 23.8 Å². The van der Waals surface area contributed by atoms with E-state index in [1.54, 1.807) is 6.07 Å². The molecule has 0 aromatic heterocycles. The highest BCUT2D eigenvalue weighted by Crippen LogP contribution is 2.65. The highest BCUT2D eigenvalue weighted by molar-refractivity contribution is 5.63. The van der Waals surface area contributed by atoms with Gasteiger partial charge in [-0.2, -0.15) is 0 Å². The summed E-state index contributed by atoms with van der Waals surface area (Å²) in [6.45, 7) is 2.11. The number of ether oxygens (including phenoxy) is 1. The first-order chi connectivity index (χ1) is 15.1. The van der Waals surface area contributed by atoms with E-state index in [9.17, 15) is 10.2 Å².